The smallest absolute Gasteiger partial charge is 0.345 e. The highest BCUT2D eigenvalue weighted by Gasteiger charge is 2.39. The fourth-order valence-corrected chi connectivity index (χ4v) is 9.00. The van der Waals surface area contributed by atoms with E-state index in [9.17, 15) is 38.7 Å². The number of amides is 3. The van der Waals surface area contributed by atoms with Gasteiger partial charge in [-0.2, -0.15) is 5.26 Å². The number of hydrogen-bond donors (Lipinski definition) is 2. The standard InChI is InChI=1S/C48H73N5O9S.ClH/c1-28(2)20-33(44(56)51(10)32(9)48(61)62-42(47(59)60)17-15-19-49)25-41(55)39(24-35-27-63-43-18-14-13-16-36(35)43)52(11)45(57)34(21-29(3)4)26-40(54)38(23-31(7)8)53(12)46(58)37(50)22-30(5)6;/h13-14,16,18,27-34,37-39,42H,15,17,20-26,50H2,1-12H3,(H,59,60);1H/t32-,33+,34+,37-,38-,39-,42+;/m0./s1. The van der Waals surface area contributed by atoms with Gasteiger partial charge in [0.1, 0.15) is 6.04 Å². The Bertz CT molecular complexity index is 1930. The summed E-state index contributed by atoms with van der Waals surface area (Å²) in [4.78, 5) is 101. The Morgan fingerprint density at radius 1 is 0.719 bits per heavy atom. The second-order valence-corrected chi connectivity index (χ2v) is 19.7. The minimum Gasteiger partial charge on any atom is -0.479 e. The third-order valence-corrected chi connectivity index (χ3v) is 12.5. The van der Waals surface area contributed by atoms with Gasteiger partial charge in [0.25, 0.3) is 0 Å². The van der Waals surface area contributed by atoms with Crippen molar-refractivity contribution in [1.29, 1.82) is 5.26 Å². The van der Waals surface area contributed by atoms with Crippen molar-refractivity contribution in [3.63, 3.8) is 0 Å². The van der Waals surface area contributed by atoms with Crippen LogP contribution in [0.15, 0.2) is 29.6 Å². The van der Waals surface area contributed by atoms with E-state index in [0.717, 1.165) is 20.5 Å². The molecule has 0 unspecified atom stereocenters. The molecular weight excluding hydrogens is 858 g/mol. The number of hydrogen-bond acceptors (Lipinski definition) is 11. The molecule has 14 nitrogen and oxygen atoms in total. The zero-order valence-corrected chi connectivity index (χ0v) is 41.6. The van der Waals surface area contributed by atoms with Crippen LogP contribution < -0.4 is 5.73 Å². The summed E-state index contributed by atoms with van der Waals surface area (Å²) >= 11 is 1.52. The van der Waals surface area contributed by atoms with E-state index in [1.807, 2.05) is 91.1 Å². The van der Waals surface area contributed by atoms with E-state index in [-0.39, 0.29) is 92.1 Å². The van der Waals surface area contributed by atoms with Crippen LogP contribution >= 0.6 is 23.7 Å². The molecule has 1 aromatic heterocycles. The molecule has 0 aliphatic carbocycles. The van der Waals surface area contributed by atoms with Gasteiger partial charge in [-0.25, -0.2) is 9.59 Å². The summed E-state index contributed by atoms with van der Waals surface area (Å²) in [5, 5.41) is 21.4. The highest BCUT2D eigenvalue weighted by molar-refractivity contribution is 7.17. The van der Waals surface area contributed by atoms with Gasteiger partial charge >= 0.3 is 11.9 Å². The topological polar surface area (TPSA) is 208 Å². The van der Waals surface area contributed by atoms with Gasteiger partial charge in [-0.1, -0.05) is 73.6 Å². The molecule has 64 heavy (non-hydrogen) atoms. The summed E-state index contributed by atoms with van der Waals surface area (Å²) in [7, 11) is 4.56. The zero-order valence-electron chi connectivity index (χ0n) is 40.0. The molecule has 358 valence electrons. The lowest BCUT2D eigenvalue weighted by Crippen LogP contribution is -2.51. The normalized spacial score (nSPS) is 14.8. The molecule has 0 aliphatic rings. The van der Waals surface area contributed by atoms with E-state index in [4.69, 9.17) is 15.7 Å². The number of halogens is 1. The van der Waals surface area contributed by atoms with Crippen LogP contribution in [0, 0.1) is 46.8 Å². The van der Waals surface area contributed by atoms with E-state index in [0.29, 0.717) is 19.3 Å². The van der Waals surface area contributed by atoms with Crippen LogP contribution in [0.1, 0.15) is 119 Å². The molecule has 16 heteroatoms. The van der Waals surface area contributed by atoms with Crippen molar-refractivity contribution in [2.24, 2.45) is 41.2 Å². The van der Waals surface area contributed by atoms with Crippen molar-refractivity contribution in [3.05, 3.63) is 35.2 Å². The number of likely N-dealkylation sites (N-methyl/N-ethyl adjacent to an activating group) is 3. The van der Waals surface area contributed by atoms with E-state index in [1.54, 1.807) is 14.1 Å². The molecule has 0 radical (unpaired) electrons. The first-order chi connectivity index (χ1) is 29.4. The lowest BCUT2D eigenvalue weighted by Gasteiger charge is -2.34. The maximum Gasteiger partial charge on any atom is 0.345 e. The van der Waals surface area contributed by atoms with Crippen molar-refractivity contribution in [3.8, 4) is 6.07 Å². The second kappa shape index (κ2) is 27.2. The molecule has 0 bridgehead atoms. The molecule has 7 atom stereocenters. The number of fused-ring (bicyclic) bond motifs is 1. The first kappa shape index (κ1) is 57.6. The summed E-state index contributed by atoms with van der Waals surface area (Å²) in [5.41, 5.74) is 7.14. The maximum absolute atomic E-state index is 14.8. The van der Waals surface area contributed by atoms with Gasteiger partial charge in [0.2, 0.25) is 17.7 Å². The van der Waals surface area contributed by atoms with Gasteiger partial charge < -0.3 is 30.3 Å². The number of Topliss-reactive ketones (excluding diaryl/α,β-unsaturated/α-hetero) is 2. The van der Waals surface area contributed by atoms with E-state index >= 15 is 0 Å². The van der Waals surface area contributed by atoms with Crippen molar-refractivity contribution in [2.75, 3.05) is 21.1 Å². The summed E-state index contributed by atoms with van der Waals surface area (Å²) < 4.78 is 6.20. The number of nitrogens with two attached hydrogens (primary N) is 1. The van der Waals surface area contributed by atoms with Crippen molar-refractivity contribution < 1.29 is 43.4 Å². The van der Waals surface area contributed by atoms with Crippen molar-refractivity contribution >= 4 is 75.1 Å². The van der Waals surface area contributed by atoms with Crippen molar-refractivity contribution in [1.82, 2.24) is 14.7 Å². The molecule has 0 fully saturated rings. The number of carboxylic acids is 1. The predicted octanol–water partition coefficient (Wildman–Crippen LogP) is 7.33. The summed E-state index contributed by atoms with van der Waals surface area (Å²) in [6.07, 6.45) is -0.718. The van der Waals surface area contributed by atoms with Crippen LogP contribution in [0.25, 0.3) is 10.1 Å². The number of benzene rings is 1. The Kier molecular flexibility index (Phi) is 24.5. The highest BCUT2D eigenvalue weighted by Crippen LogP contribution is 2.31. The molecule has 1 heterocycles. The Morgan fingerprint density at radius 3 is 1.70 bits per heavy atom. The van der Waals surface area contributed by atoms with E-state index < -0.39 is 65.9 Å². The number of ether oxygens (including phenoxy) is 1. The van der Waals surface area contributed by atoms with Gasteiger partial charge in [-0.3, -0.25) is 24.0 Å². The van der Waals surface area contributed by atoms with Crippen LogP contribution in [-0.4, -0.2) is 112 Å². The summed E-state index contributed by atoms with van der Waals surface area (Å²) in [5.74, 6) is -5.78. The van der Waals surface area contributed by atoms with Gasteiger partial charge in [0.15, 0.2) is 17.7 Å². The first-order valence-corrected chi connectivity index (χ1v) is 23.2. The summed E-state index contributed by atoms with van der Waals surface area (Å²) in [6.45, 7) is 17.0. The lowest BCUT2D eigenvalue weighted by molar-refractivity contribution is -0.169. The Hall–Kier alpha value is -4.39. The first-order valence-electron chi connectivity index (χ1n) is 22.3. The number of thiophene rings is 1. The van der Waals surface area contributed by atoms with E-state index in [1.165, 1.54) is 35.1 Å². The number of carbonyl (C=O) groups is 7. The number of esters is 1. The van der Waals surface area contributed by atoms with Gasteiger partial charge in [0, 0.05) is 69.8 Å². The maximum atomic E-state index is 14.8. The number of carbonyl (C=O) groups excluding carboxylic acids is 6. The number of aliphatic carboxylic acids is 1. The predicted molar refractivity (Wildman–Crippen MR) is 253 cm³/mol. The molecular formula is C48H74ClN5O9S. The molecule has 0 saturated carbocycles. The molecule has 2 rings (SSSR count). The highest BCUT2D eigenvalue weighted by atomic mass is 35.5. The third-order valence-electron chi connectivity index (χ3n) is 11.5. The molecule has 3 N–H and O–H groups in total. The molecule has 2 aromatic rings. The number of carboxylic acid groups (broad SMARTS) is 1. The molecule has 0 aliphatic heterocycles. The van der Waals surface area contributed by atoms with Crippen LogP contribution in [0.2, 0.25) is 0 Å². The fourth-order valence-electron chi connectivity index (χ4n) is 8.03. The zero-order chi connectivity index (χ0) is 47.9. The van der Waals surface area contributed by atoms with E-state index in [2.05, 4.69) is 0 Å². The fraction of sp³-hybridized carbons (Fsp3) is 0.667. The van der Waals surface area contributed by atoms with Crippen LogP contribution in [0.5, 0.6) is 0 Å². The van der Waals surface area contributed by atoms with Gasteiger partial charge in [0.05, 0.1) is 24.2 Å². The SMILES string of the molecule is CC(C)C[C@H](CC(=O)[C@H](Cc1csc2ccccc12)N(C)C(=O)[C@@H](CC(=O)[C@H](CC(C)C)N(C)C(=O)[C@@H](N)CC(C)C)CC(C)C)C(=O)N(C)[C@@H](C)C(=O)O[C@H](CCC#N)C(=O)O.Cl. The number of nitriles is 1. The number of rotatable bonds is 27. The number of ketones is 2. The van der Waals surface area contributed by atoms with Crippen molar-refractivity contribution in [2.45, 2.75) is 150 Å². The lowest BCUT2D eigenvalue weighted by atomic mass is 9.85. The van der Waals surface area contributed by atoms with Crippen LogP contribution in [0.4, 0.5) is 0 Å². The average Bonchev–Trinajstić information content (AvgIpc) is 3.62. The quantitative estimate of drug-likeness (QED) is 0.0848. The van der Waals surface area contributed by atoms with Gasteiger partial charge in [-0.15, -0.1) is 23.7 Å². The molecule has 0 spiro atoms. The number of nitrogens with zero attached hydrogens (tertiary/aromatic N) is 4. The Labute approximate surface area is 391 Å². The third kappa shape index (κ3) is 17.2. The van der Waals surface area contributed by atoms with Crippen LogP contribution in [0.3, 0.4) is 0 Å². The molecule has 3 amide bonds. The van der Waals surface area contributed by atoms with Gasteiger partial charge in [-0.05, 0) is 78.7 Å². The average molecular weight is 933 g/mol. The minimum absolute atomic E-state index is 0. The van der Waals surface area contributed by atoms with Crippen LogP contribution in [-0.2, 0) is 44.7 Å². The monoisotopic (exact) mass is 931 g/mol. The Balaban J connectivity index is 0.0000205. The minimum atomic E-state index is -1.56. The second-order valence-electron chi connectivity index (χ2n) is 18.8. The Morgan fingerprint density at radius 2 is 1.20 bits per heavy atom. The molecule has 1 aromatic carbocycles. The summed E-state index contributed by atoms with van der Waals surface area (Å²) in [6, 6.07) is 5.78. The molecule has 0 saturated heterocycles. The largest absolute Gasteiger partial charge is 0.479 e.